The number of rotatable bonds is 6. The Morgan fingerprint density at radius 2 is 1.49 bits per heavy atom. The van der Waals surface area contributed by atoms with Gasteiger partial charge in [-0.2, -0.15) is 9.78 Å². The number of benzene rings is 4. The molecule has 0 aliphatic carbocycles. The second kappa shape index (κ2) is 11.7. The van der Waals surface area contributed by atoms with Crippen LogP contribution in [0.2, 0.25) is 0 Å². The minimum Gasteiger partial charge on any atom is -0.267 e. The van der Waals surface area contributed by atoms with Crippen molar-refractivity contribution < 1.29 is 4.79 Å². The molecule has 4 aromatic carbocycles. The van der Waals surface area contributed by atoms with E-state index >= 15 is 0 Å². The minimum absolute atomic E-state index is 0.231. The van der Waals surface area contributed by atoms with Crippen LogP contribution in [0.4, 0.5) is 5.69 Å². The number of carbonyl (C=O) groups is 1. The number of hydrogen-bond donors (Lipinski definition) is 1. The van der Waals surface area contributed by atoms with Crippen LogP contribution in [0.1, 0.15) is 27.3 Å². The van der Waals surface area contributed by atoms with Crippen LogP contribution in [0, 0.1) is 6.92 Å². The molecule has 0 saturated heterocycles. The molecule has 9 nitrogen and oxygen atoms in total. The van der Waals surface area contributed by atoms with E-state index in [2.05, 4.69) is 30.8 Å². The van der Waals surface area contributed by atoms with E-state index in [1.54, 1.807) is 55.6 Å². The standard InChI is InChI=1S/C30H23N7O2/c1-21-32-27-15-9-8-14-26(27)30(39)37(21)36-28(23-12-6-3-7-13-23)34-33-25-18-16-24(17-19-25)29(38)35-31-20-22-10-4-2-5-11-22/h2-20H,1H3,(H,35,38)/b31-20+,34-33?,36-28+. The summed E-state index contributed by atoms with van der Waals surface area (Å²) < 4.78 is 1.23. The smallest absolute Gasteiger partial charge is 0.267 e. The average Bonchev–Trinajstić information content (AvgIpc) is 2.98. The molecule has 5 rings (SSSR count). The summed E-state index contributed by atoms with van der Waals surface area (Å²) in [7, 11) is 0. The van der Waals surface area contributed by atoms with Crippen molar-refractivity contribution in [2.24, 2.45) is 20.4 Å². The van der Waals surface area contributed by atoms with Gasteiger partial charge in [-0.15, -0.1) is 15.3 Å². The first-order valence-corrected chi connectivity index (χ1v) is 12.1. The molecule has 0 radical (unpaired) electrons. The van der Waals surface area contributed by atoms with Crippen LogP contribution >= 0.6 is 0 Å². The van der Waals surface area contributed by atoms with E-state index in [1.807, 2.05) is 66.7 Å². The van der Waals surface area contributed by atoms with Gasteiger partial charge in [0.1, 0.15) is 5.82 Å². The fourth-order valence-electron chi connectivity index (χ4n) is 3.72. The predicted molar refractivity (Wildman–Crippen MR) is 152 cm³/mol. The molecule has 0 atom stereocenters. The quantitative estimate of drug-likeness (QED) is 0.141. The SMILES string of the molecule is Cc1nc2ccccc2c(=O)n1/N=C(/N=Nc1ccc(C(=O)N/N=C/c2ccccc2)cc1)c1ccccc1. The minimum atomic E-state index is -0.351. The maximum absolute atomic E-state index is 13.1. The van der Waals surface area contributed by atoms with Crippen LogP contribution in [0.15, 0.2) is 134 Å². The molecular weight excluding hydrogens is 490 g/mol. The van der Waals surface area contributed by atoms with Crippen LogP contribution in [0.5, 0.6) is 0 Å². The summed E-state index contributed by atoms with van der Waals surface area (Å²) in [6, 6.07) is 32.4. The van der Waals surface area contributed by atoms with E-state index in [0.29, 0.717) is 33.5 Å². The topological polar surface area (TPSA) is 113 Å². The molecule has 190 valence electrons. The average molecular weight is 514 g/mol. The lowest BCUT2D eigenvalue weighted by Gasteiger charge is -2.07. The van der Waals surface area contributed by atoms with Gasteiger partial charge in [0.15, 0.2) is 0 Å². The number of nitrogens with zero attached hydrogens (tertiary/aromatic N) is 6. The largest absolute Gasteiger partial charge is 0.282 e. The van der Waals surface area contributed by atoms with E-state index in [0.717, 1.165) is 5.56 Å². The Bertz CT molecular complexity index is 1760. The molecular formula is C30H23N7O2. The zero-order chi connectivity index (χ0) is 27.0. The van der Waals surface area contributed by atoms with E-state index in [9.17, 15) is 9.59 Å². The molecule has 0 aliphatic heterocycles. The van der Waals surface area contributed by atoms with Gasteiger partial charge < -0.3 is 0 Å². The van der Waals surface area contributed by atoms with Gasteiger partial charge in [0.05, 0.1) is 22.8 Å². The molecule has 9 heteroatoms. The van der Waals surface area contributed by atoms with Crippen molar-refractivity contribution >= 4 is 34.5 Å². The molecule has 0 fully saturated rings. The number of amidine groups is 1. The number of amides is 1. The molecule has 5 aromatic rings. The van der Waals surface area contributed by atoms with Gasteiger partial charge in [-0.05, 0) is 48.9 Å². The first-order chi connectivity index (χ1) is 19.1. The van der Waals surface area contributed by atoms with E-state index < -0.39 is 0 Å². The van der Waals surface area contributed by atoms with Crippen molar-refractivity contribution in [1.29, 1.82) is 0 Å². The molecule has 1 aromatic heterocycles. The highest BCUT2D eigenvalue weighted by atomic mass is 16.2. The van der Waals surface area contributed by atoms with Crippen LogP contribution in [0.3, 0.4) is 0 Å². The lowest BCUT2D eigenvalue weighted by molar-refractivity contribution is 0.0955. The van der Waals surface area contributed by atoms with E-state index in [4.69, 9.17) is 0 Å². The van der Waals surface area contributed by atoms with Gasteiger partial charge in [-0.1, -0.05) is 72.8 Å². The number of hydrogen-bond acceptors (Lipinski definition) is 6. The van der Waals surface area contributed by atoms with Gasteiger partial charge in [0.2, 0.25) is 5.84 Å². The van der Waals surface area contributed by atoms with Gasteiger partial charge in [0.25, 0.3) is 11.5 Å². The maximum atomic E-state index is 13.1. The number of azo groups is 1. The summed E-state index contributed by atoms with van der Waals surface area (Å²) in [6.07, 6.45) is 1.57. The van der Waals surface area contributed by atoms with Crippen LogP contribution in [-0.4, -0.2) is 27.6 Å². The fourth-order valence-corrected chi connectivity index (χ4v) is 3.72. The van der Waals surface area contributed by atoms with Gasteiger partial charge >= 0.3 is 0 Å². The molecule has 1 amide bonds. The lowest BCUT2D eigenvalue weighted by Crippen LogP contribution is -2.22. The monoisotopic (exact) mass is 513 g/mol. The number of para-hydroxylation sites is 1. The van der Waals surface area contributed by atoms with Crippen molar-refractivity contribution in [3.05, 3.63) is 142 Å². The third kappa shape index (κ3) is 6.05. The first kappa shape index (κ1) is 25.1. The summed E-state index contributed by atoms with van der Waals surface area (Å²) in [4.78, 5) is 30.1. The summed E-state index contributed by atoms with van der Waals surface area (Å²) >= 11 is 0. The Morgan fingerprint density at radius 1 is 0.821 bits per heavy atom. The number of aromatic nitrogens is 2. The number of nitrogens with one attached hydrogen (secondary N) is 1. The second-order valence-electron chi connectivity index (χ2n) is 8.44. The van der Waals surface area contributed by atoms with Crippen molar-refractivity contribution in [3.8, 4) is 0 Å². The van der Waals surface area contributed by atoms with Gasteiger partial charge in [-0.3, -0.25) is 9.59 Å². The fraction of sp³-hybridized carbons (Fsp3) is 0.0333. The highest BCUT2D eigenvalue weighted by Gasteiger charge is 2.10. The van der Waals surface area contributed by atoms with Crippen LogP contribution in [0.25, 0.3) is 10.9 Å². The Morgan fingerprint density at radius 3 is 2.23 bits per heavy atom. The molecule has 1 N–H and O–H groups in total. The maximum Gasteiger partial charge on any atom is 0.282 e. The van der Waals surface area contributed by atoms with Gasteiger partial charge in [0, 0.05) is 11.1 Å². The number of aryl methyl sites for hydroxylation is 1. The van der Waals surface area contributed by atoms with Gasteiger partial charge in [-0.25, -0.2) is 10.4 Å². The molecule has 0 unspecified atom stereocenters. The molecule has 0 aliphatic rings. The van der Waals surface area contributed by atoms with Crippen molar-refractivity contribution in [2.75, 3.05) is 0 Å². The molecule has 0 saturated carbocycles. The molecule has 0 spiro atoms. The number of fused-ring (bicyclic) bond motifs is 1. The Labute approximate surface area is 223 Å². The van der Waals surface area contributed by atoms with E-state index in [-0.39, 0.29) is 17.3 Å². The Kier molecular flexibility index (Phi) is 7.50. The predicted octanol–water partition coefficient (Wildman–Crippen LogP) is 5.46. The number of carbonyl (C=O) groups excluding carboxylic acids is 1. The zero-order valence-corrected chi connectivity index (χ0v) is 21.0. The highest BCUT2D eigenvalue weighted by Crippen LogP contribution is 2.16. The zero-order valence-electron chi connectivity index (χ0n) is 21.0. The molecule has 39 heavy (non-hydrogen) atoms. The lowest BCUT2D eigenvalue weighted by atomic mass is 10.2. The van der Waals surface area contributed by atoms with Crippen LogP contribution < -0.4 is 11.0 Å². The Hall–Kier alpha value is -5.57. The number of hydrazone groups is 1. The first-order valence-electron chi connectivity index (χ1n) is 12.1. The highest BCUT2D eigenvalue weighted by molar-refractivity contribution is 5.99. The van der Waals surface area contributed by atoms with Crippen LogP contribution in [-0.2, 0) is 0 Å². The van der Waals surface area contributed by atoms with E-state index in [1.165, 1.54) is 4.68 Å². The Balaban J connectivity index is 1.39. The second-order valence-corrected chi connectivity index (χ2v) is 8.44. The third-order valence-electron chi connectivity index (χ3n) is 5.71. The molecule has 0 bridgehead atoms. The van der Waals surface area contributed by atoms with Crippen molar-refractivity contribution in [2.45, 2.75) is 6.92 Å². The summed E-state index contributed by atoms with van der Waals surface area (Å²) in [5, 5.41) is 17.6. The van der Waals surface area contributed by atoms with Crippen molar-refractivity contribution in [3.63, 3.8) is 0 Å². The summed E-state index contributed by atoms with van der Waals surface area (Å²) in [6.45, 7) is 1.71. The van der Waals surface area contributed by atoms with Crippen molar-refractivity contribution in [1.82, 2.24) is 15.1 Å². The third-order valence-corrected chi connectivity index (χ3v) is 5.71. The summed E-state index contributed by atoms with van der Waals surface area (Å²) in [5.41, 5.74) is 5.28. The normalized spacial score (nSPS) is 11.9. The summed E-state index contributed by atoms with van der Waals surface area (Å²) in [5.74, 6) is 0.304. The molecule has 1 heterocycles.